The van der Waals surface area contributed by atoms with Crippen molar-refractivity contribution in [3.8, 4) is 0 Å². The summed E-state index contributed by atoms with van der Waals surface area (Å²) in [6.07, 6.45) is 0. The number of hydrogen-bond donors (Lipinski definition) is 0. The maximum Gasteiger partial charge on any atom is 0.0331 e. The molecule has 1 heteroatoms. The smallest absolute Gasteiger partial charge is 0.0331 e. The minimum Gasteiger partial charge on any atom is -0.287 e. The lowest BCUT2D eigenvalue weighted by Gasteiger charge is -2.30. The minimum atomic E-state index is 0.571. The first-order chi connectivity index (χ1) is 6.63. The van der Waals surface area contributed by atoms with Crippen molar-refractivity contribution < 1.29 is 0 Å². The maximum atomic E-state index is 2.57. The molecular formula is C13H19N. The van der Waals surface area contributed by atoms with E-state index in [0.29, 0.717) is 18.1 Å². The standard InChI is InChI=1S/C13H19N/c1-9(2)14-10(3)12-7-5-6-8-13(12)11(14)4/h5-11H,1-4H3/t10-,11-/m0/s1. The molecule has 0 fully saturated rings. The van der Waals surface area contributed by atoms with Gasteiger partial charge in [-0.1, -0.05) is 24.3 Å². The van der Waals surface area contributed by atoms with Crippen LogP contribution in [0, 0.1) is 0 Å². The molecule has 14 heavy (non-hydrogen) atoms. The number of hydrogen-bond acceptors (Lipinski definition) is 1. The Hall–Kier alpha value is -0.820. The van der Waals surface area contributed by atoms with Crippen molar-refractivity contribution in [2.24, 2.45) is 0 Å². The van der Waals surface area contributed by atoms with E-state index in [9.17, 15) is 0 Å². The van der Waals surface area contributed by atoms with Crippen LogP contribution < -0.4 is 0 Å². The predicted molar refractivity (Wildman–Crippen MR) is 60.2 cm³/mol. The second kappa shape index (κ2) is 3.39. The predicted octanol–water partition coefficient (Wildman–Crippen LogP) is 3.53. The van der Waals surface area contributed by atoms with E-state index >= 15 is 0 Å². The molecule has 1 aromatic rings. The average Bonchev–Trinajstić information content (AvgIpc) is 2.41. The van der Waals surface area contributed by atoms with Gasteiger partial charge in [-0.3, -0.25) is 4.90 Å². The van der Waals surface area contributed by atoms with Crippen molar-refractivity contribution in [2.45, 2.75) is 45.8 Å². The van der Waals surface area contributed by atoms with Crippen LogP contribution in [0.5, 0.6) is 0 Å². The van der Waals surface area contributed by atoms with Gasteiger partial charge in [0.25, 0.3) is 0 Å². The lowest BCUT2D eigenvalue weighted by molar-refractivity contribution is 0.138. The maximum absolute atomic E-state index is 2.57. The molecular weight excluding hydrogens is 170 g/mol. The zero-order valence-corrected chi connectivity index (χ0v) is 9.49. The van der Waals surface area contributed by atoms with Crippen molar-refractivity contribution in [2.75, 3.05) is 0 Å². The molecule has 2 atom stereocenters. The van der Waals surface area contributed by atoms with E-state index in [-0.39, 0.29) is 0 Å². The number of benzene rings is 1. The third-order valence-electron chi connectivity index (χ3n) is 3.39. The Morgan fingerprint density at radius 1 is 1.00 bits per heavy atom. The Morgan fingerprint density at radius 2 is 1.43 bits per heavy atom. The summed E-state index contributed by atoms with van der Waals surface area (Å²) in [6, 6.07) is 10.6. The Kier molecular flexibility index (Phi) is 2.36. The van der Waals surface area contributed by atoms with Crippen LogP contribution in [0.25, 0.3) is 0 Å². The van der Waals surface area contributed by atoms with Crippen LogP contribution in [-0.2, 0) is 0 Å². The van der Waals surface area contributed by atoms with Gasteiger partial charge in [-0.05, 0) is 38.8 Å². The Morgan fingerprint density at radius 3 is 1.79 bits per heavy atom. The van der Waals surface area contributed by atoms with Crippen molar-refractivity contribution in [3.63, 3.8) is 0 Å². The topological polar surface area (TPSA) is 3.24 Å². The monoisotopic (exact) mass is 189 g/mol. The lowest BCUT2D eigenvalue weighted by atomic mass is 10.0. The number of fused-ring (bicyclic) bond motifs is 1. The summed E-state index contributed by atoms with van der Waals surface area (Å²) in [7, 11) is 0. The molecule has 0 aromatic heterocycles. The molecule has 1 heterocycles. The van der Waals surface area contributed by atoms with Crippen LogP contribution in [0.15, 0.2) is 24.3 Å². The Labute approximate surface area is 86.7 Å². The fraction of sp³-hybridized carbons (Fsp3) is 0.538. The van der Waals surface area contributed by atoms with E-state index < -0.39 is 0 Å². The summed E-state index contributed by atoms with van der Waals surface area (Å²) in [4.78, 5) is 2.57. The molecule has 0 aliphatic carbocycles. The fourth-order valence-corrected chi connectivity index (χ4v) is 2.82. The van der Waals surface area contributed by atoms with Crippen molar-refractivity contribution in [3.05, 3.63) is 35.4 Å². The molecule has 0 N–H and O–H groups in total. The first-order valence-corrected chi connectivity index (χ1v) is 5.49. The van der Waals surface area contributed by atoms with Gasteiger partial charge in [-0.2, -0.15) is 0 Å². The van der Waals surface area contributed by atoms with Crippen LogP contribution in [0.1, 0.15) is 50.9 Å². The largest absolute Gasteiger partial charge is 0.287 e. The van der Waals surface area contributed by atoms with Gasteiger partial charge >= 0.3 is 0 Å². The van der Waals surface area contributed by atoms with Crippen molar-refractivity contribution >= 4 is 0 Å². The zero-order chi connectivity index (χ0) is 10.3. The highest BCUT2D eigenvalue weighted by atomic mass is 15.2. The summed E-state index contributed by atoms with van der Waals surface area (Å²) in [5, 5.41) is 0. The van der Waals surface area contributed by atoms with E-state index in [1.807, 2.05) is 0 Å². The van der Waals surface area contributed by atoms with Crippen LogP contribution in [0.4, 0.5) is 0 Å². The van der Waals surface area contributed by atoms with Crippen LogP contribution in [0.2, 0.25) is 0 Å². The molecule has 2 rings (SSSR count). The number of nitrogens with zero attached hydrogens (tertiary/aromatic N) is 1. The summed E-state index contributed by atoms with van der Waals surface area (Å²) < 4.78 is 0. The summed E-state index contributed by atoms with van der Waals surface area (Å²) in [6.45, 7) is 9.17. The van der Waals surface area contributed by atoms with Crippen LogP contribution in [-0.4, -0.2) is 10.9 Å². The average molecular weight is 189 g/mol. The molecule has 0 amide bonds. The Balaban J connectivity index is 2.43. The molecule has 1 aromatic carbocycles. The van der Waals surface area contributed by atoms with Gasteiger partial charge in [0.2, 0.25) is 0 Å². The molecule has 1 aliphatic rings. The second-order valence-electron chi connectivity index (χ2n) is 4.52. The normalized spacial score (nSPS) is 26.9. The summed E-state index contributed by atoms with van der Waals surface area (Å²) in [5.74, 6) is 0. The molecule has 0 bridgehead atoms. The van der Waals surface area contributed by atoms with E-state index in [0.717, 1.165) is 0 Å². The highest BCUT2D eigenvalue weighted by Crippen LogP contribution is 2.42. The molecule has 0 saturated heterocycles. The SMILES string of the molecule is CC(C)N1[C@@H](C)c2ccccc2[C@@H]1C. The molecule has 0 unspecified atom stereocenters. The highest BCUT2D eigenvalue weighted by molar-refractivity contribution is 5.36. The molecule has 1 nitrogen and oxygen atoms in total. The Bertz CT molecular complexity index is 301. The van der Waals surface area contributed by atoms with Crippen molar-refractivity contribution in [1.82, 2.24) is 4.90 Å². The van der Waals surface area contributed by atoms with Gasteiger partial charge in [0.1, 0.15) is 0 Å². The zero-order valence-electron chi connectivity index (χ0n) is 9.49. The molecule has 1 aliphatic heterocycles. The number of rotatable bonds is 1. The van der Waals surface area contributed by atoms with Gasteiger partial charge < -0.3 is 0 Å². The first-order valence-electron chi connectivity index (χ1n) is 5.49. The fourth-order valence-electron chi connectivity index (χ4n) is 2.82. The first kappa shape index (κ1) is 9.72. The van der Waals surface area contributed by atoms with Gasteiger partial charge in [-0.25, -0.2) is 0 Å². The molecule has 76 valence electrons. The van der Waals surface area contributed by atoms with E-state index in [1.165, 1.54) is 11.1 Å². The van der Waals surface area contributed by atoms with Gasteiger partial charge in [0.15, 0.2) is 0 Å². The van der Waals surface area contributed by atoms with Gasteiger partial charge in [-0.15, -0.1) is 0 Å². The molecule has 0 radical (unpaired) electrons. The highest BCUT2D eigenvalue weighted by Gasteiger charge is 2.33. The van der Waals surface area contributed by atoms with E-state index in [2.05, 4.69) is 56.9 Å². The van der Waals surface area contributed by atoms with Crippen LogP contribution in [0.3, 0.4) is 0 Å². The minimum absolute atomic E-state index is 0.571. The molecule has 0 spiro atoms. The molecule has 0 saturated carbocycles. The van der Waals surface area contributed by atoms with E-state index in [1.54, 1.807) is 0 Å². The van der Waals surface area contributed by atoms with Gasteiger partial charge in [0, 0.05) is 18.1 Å². The lowest BCUT2D eigenvalue weighted by Crippen LogP contribution is -2.30. The van der Waals surface area contributed by atoms with Gasteiger partial charge in [0.05, 0.1) is 0 Å². The third-order valence-corrected chi connectivity index (χ3v) is 3.39. The van der Waals surface area contributed by atoms with Crippen molar-refractivity contribution in [1.29, 1.82) is 0 Å². The third kappa shape index (κ3) is 1.27. The van der Waals surface area contributed by atoms with E-state index in [4.69, 9.17) is 0 Å². The van der Waals surface area contributed by atoms with Crippen LogP contribution >= 0.6 is 0 Å². The quantitative estimate of drug-likeness (QED) is 0.653. The summed E-state index contributed by atoms with van der Waals surface area (Å²) in [5.41, 5.74) is 3.02. The second-order valence-corrected chi connectivity index (χ2v) is 4.52. The summed E-state index contributed by atoms with van der Waals surface area (Å²) >= 11 is 0.